The van der Waals surface area contributed by atoms with Crippen molar-refractivity contribution < 1.29 is 23.9 Å². The highest BCUT2D eigenvalue weighted by molar-refractivity contribution is 5.87. The molecule has 8 atom stereocenters. The van der Waals surface area contributed by atoms with E-state index in [0.717, 1.165) is 38.5 Å². The van der Waals surface area contributed by atoms with Crippen molar-refractivity contribution in [1.82, 2.24) is 0 Å². The van der Waals surface area contributed by atoms with Gasteiger partial charge in [0.05, 0.1) is 0 Å². The number of fused-ring (bicyclic) bond motifs is 5. The summed E-state index contributed by atoms with van der Waals surface area (Å²) in [4.78, 5) is 36.1. The summed E-state index contributed by atoms with van der Waals surface area (Å²) in [5, 5.41) is 0. The van der Waals surface area contributed by atoms with Gasteiger partial charge in [0.1, 0.15) is 18.0 Å². The van der Waals surface area contributed by atoms with Gasteiger partial charge < -0.3 is 9.47 Å². The van der Waals surface area contributed by atoms with Crippen LogP contribution in [0.2, 0.25) is 0 Å². The molecule has 4 rings (SSSR count). The third-order valence-electron chi connectivity index (χ3n) is 8.89. The van der Waals surface area contributed by atoms with Crippen molar-refractivity contribution in [1.29, 1.82) is 0 Å². The summed E-state index contributed by atoms with van der Waals surface area (Å²) in [6, 6.07) is 0. The molecular formula is C23H34O5. The lowest BCUT2D eigenvalue weighted by Crippen LogP contribution is -2.60. The molecule has 5 heteroatoms. The van der Waals surface area contributed by atoms with E-state index in [-0.39, 0.29) is 35.0 Å². The SMILES string of the molecule is CC(=O)O[C@@H]1CC[C@@]2(C)[C@@H](CC[C@@H]3[C@@H]2[C@@H](OC(C)=O)C[C@]2(C)C(=O)CC[C@@H]32)C1. The average Bonchev–Trinajstić information content (AvgIpc) is 2.89. The topological polar surface area (TPSA) is 69.7 Å². The Balaban J connectivity index is 1.65. The smallest absolute Gasteiger partial charge is 0.302 e. The first-order chi connectivity index (χ1) is 13.1. The molecule has 0 unspecified atom stereocenters. The molecule has 0 radical (unpaired) electrons. The van der Waals surface area contributed by atoms with Crippen LogP contribution in [0.1, 0.15) is 79.1 Å². The van der Waals surface area contributed by atoms with E-state index in [0.29, 0.717) is 42.3 Å². The zero-order valence-corrected chi connectivity index (χ0v) is 17.7. The highest BCUT2D eigenvalue weighted by Gasteiger charge is 2.64. The first kappa shape index (κ1) is 19.9. The second kappa shape index (κ2) is 6.84. The number of rotatable bonds is 2. The minimum absolute atomic E-state index is 0.0150. The molecule has 0 amide bonds. The average molecular weight is 391 g/mol. The van der Waals surface area contributed by atoms with E-state index >= 15 is 0 Å². The molecule has 4 fully saturated rings. The van der Waals surface area contributed by atoms with E-state index in [1.54, 1.807) is 0 Å². The maximum Gasteiger partial charge on any atom is 0.302 e. The van der Waals surface area contributed by atoms with Crippen molar-refractivity contribution in [2.24, 2.45) is 34.5 Å². The lowest BCUT2D eigenvalue weighted by Gasteiger charge is -2.61. The Morgan fingerprint density at radius 2 is 1.71 bits per heavy atom. The Labute approximate surface area is 167 Å². The van der Waals surface area contributed by atoms with Gasteiger partial charge in [-0.25, -0.2) is 0 Å². The molecule has 0 N–H and O–H groups in total. The Kier molecular flexibility index (Phi) is 4.86. The Morgan fingerprint density at radius 3 is 2.39 bits per heavy atom. The molecule has 0 aromatic heterocycles. The molecule has 4 saturated carbocycles. The minimum Gasteiger partial charge on any atom is -0.463 e. The van der Waals surface area contributed by atoms with Crippen molar-refractivity contribution in [2.75, 3.05) is 0 Å². The van der Waals surface area contributed by atoms with Crippen LogP contribution in [0.4, 0.5) is 0 Å². The second-order valence-corrected chi connectivity index (χ2v) is 10.3. The number of carbonyl (C=O) groups is 3. The van der Waals surface area contributed by atoms with Crippen LogP contribution in [0.3, 0.4) is 0 Å². The quantitative estimate of drug-likeness (QED) is 0.665. The highest BCUT2D eigenvalue weighted by Crippen LogP contribution is 2.66. The van der Waals surface area contributed by atoms with Gasteiger partial charge in [0.15, 0.2) is 0 Å². The van der Waals surface area contributed by atoms with E-state index in [9.17, 15) is 14.4 Å². The molecule has 0 bridgehead atoms. The van der Waals surface area contributed by atoms with Crippen molar-refractivity contribution >= 4 is 17.7 Å². The third kappa shape index (κ3) is 3.00. The zero-order valence-electron chi connectivity index (χ0n) is 17.7. The largest absolute Gasteiger partial charge is 0.463 e. The number of hydrogen-bond donors (Lipinski definition) is 0. The summed E-state index contributed by atoms with van der Waals surface area (Å²) in [6.45, 7) is 7.46. The van der Waals surface area contributed by atoms with E-state index in [4.69, 9.17) is 9.47 Å². The predicted molar refractivity (Wildman–Crippen MR) is 103 cm³/mol. The molecule has 0 aliphatic heterocycles. The van der Waals surface area contributed by atoms with Gasteiger partial charge in [-0.15, -0.1) is 0 Å². The fourth-order valence-corrected chi connectivity index (χ4v) is 7.75. The number of Topliss-reactive ketones (excluding diaryl/α,β-unsaturated/α-hetero) is 1. The van der Waals surface area contributed by atoms with E-state index in [2.05, 4.69) is 13.8 Å². The minimum atomic E-state index is -0.334. The molecule has 0 saturated heterocycles. The van der Waals surface area contributed by atoms with Crippen LogP contribution < -0.4 is 0 Å². The third-order valence-corrected chi connectivity index (χ3v) is 8.89. The molecule has 4 aliphatic rings. The summed E-state index contributed by atoms with van der Waals surface area (Å²) in [7, 11) is 0. The predicted octanol–water partition coefficient (Wildman–Crippen LogP) is 4.07. The number of carbonyl (C=O) groups excluding carboxylic acids is 3. The molecule has 156 valence electrons. The molecule has 0 spiro atoms. The van der Waals surface area contributed by atoms with E-state index in [1.165, 1.54) is 13.8 Å². The monoisotopic (exact) mass is 390 g/mol. The molecule has 0 aromatic rings. The van der Waals surface area contributed by atoms with Crippen molar-refractivity contribution in [3.63, 3.8) is 0 Å². The van der Waals surface area contributed by atoms with Crippen molar-refractivity contribution in [3.8, 4) is 0 Å². The Bertz CT molecular complexity index is 686. The number of esters is 2. The lowest BCUT2D eigenvalue weighted by atomic mass is 9.44. The van der Waals surface area contributed by atoms with E-state index < -0.39 is 0 Å². The van der Waals surface area contributed by atoms with Gasteiger partial charge in [0, 0.05) is 31.6 Å². The lowest BCUT2D eigenvalue weighted by molar-refractivity contribution is -0.197. The standard InChI is InChI=1S/C23H34O5/c1-13(24)27-16-9-10-22(3)15(11-16)5-6-17-18-7-8-20(26)23(18,4)12-19(21(17)22)28-14(2)25/h15-19,21H,5-12H2,1-4H3/t15-,16+,17-,18-,19-,21+,22-,23-/m0/s1. The molecular weight excluding hydrogens is 356 g/mol. The summed E-state index contributed by atoms with van der Waals surface area (Å²) >= 11 is 0. The molecule has 0 heterocycles. The van der Waals surface area contributed by atoms with Gasteiger partial charge >= 0.3 is 11.9 Å². The number of hydrogen-bond acceptors (Lipinski definition) is 5. The number of ketones is 1. The summed E-state index contributed by atoms with van der Waals surface area (Å²) in [6.07, 6.45) is 7.15. The van der Waals surface area contributed by atoms with Crippen LogP contribution in [-0.4, -0.2) is 29.9 Å². The van der Waals surface area contributed by atoms with Crippen LogP contribution >= 0.6 is 0 Å². The Hall–Kier alpha value is -1.39. The summed E-state index contributed by atoms with van der Waals surface area (Å²) in [5.74, 6) is 1.57. The van der Waals surface area contributed by atoms with Crippen LogP contribution in [-0.2, 0) is 23.9 Å². The van der Waals surface area contributed by atoms with Crippen LogP contribution in [0.15, 0.2) is 0 Å². The van der Waals surface area contributed by atoms with Gasteiger partial charge in [-0.05, 0) is 68.1 Å². The summed E-state index contributed by atoms with van der Waals surface area (Å²) in [5.41, 5.74) is -0.258. The van der Waals surface area contributed by atoms with Gasteiger partial charge in [-0.3, -0.25) is 14.4 Å². The van der Waals surface area contributed by atoms with Crippen molar-refractivity contribution in [3.05, 3.63) is 0 Å². The first-order valence-electron chi connectivity index (χ1n) is 11.0. The van der Waals surface area contributed by atoms with Gasteiger partial charge in [0.2, 0.25) is 0 Å². The molecule has 5 nitrogen and oxygen atoms in total. The molecule has 0 aromatic carbocycles. The zero-order chi connectivity index (χ0) is 20.3. The molecule has 28 heavy (non-hydrogen) atoms. The van der Waals surface area contributed by atoms with Gasteiger partial charge in [-0.2, -0.15) is 0 Å². The van der Waals surface area contributed by atoms with Gasteiger partial charge in [0.25, 0.3) is 0 Å². The first-order valence-corrected chi connectivity index (χ1v) is 11.0. The van der Waals surface area contributed by atoms with Gasteiger partial charge in [-0.1, -0.05) is 13.8 Å². The molecule has 4 aliphatic carbocycles. The maximum absolute atomic E-state index is 12.8. The fourth-order valence-electron chi connectivity index (χ4n) is 7.75. The second-order valence-electron chi connectivity index (χ2n) is 10.3. The maximum atomic E-state index is 12.8. The fraction of sp³-hybridized carbons (Fsp3) is 0.870. The van der Waals surface area contributed by atoms with Crippen LogP contribution in [0.25, 0.3) is 0 Å². The van der Waals surface area contributed by atoms with E-state index in [1.807, 2.05) is 0 Å². The van der Waals surface area contributed by atoms with Crippen LogP contribution in [0, 0.1) is 34.5 Å². The normalized spacial score (nSPS) is 47.5. The van der Waals surface area contributed by atoms with Crippen molar-refractivity contribution in [2.45, 2.75) is 91.3 Å². The van der Waals surface area contributed by atoms with Crippen LogP contribution in [0.5, 0.6) is 0 Å². The Morgan fingerprint density at radius 1 is 1.00 bits per heavy atom. The number of ether oxygens (including phenoxy) is 2. The highest BCUT2D eigenvalue weighted by atomic mass is 16.5. The summed E-state index contributed by atoms with van der Waals surface area (Å²) < 4.78 is 11.5.